The Morgan fingerprint density at radius 3 is 2.79 bits per heavy atom. The van der Waals surface area contributed by atoms with E-state index in [-0.39, 0.29) is 5.78 Å². The van der Waals surface area contributed by atoms with Crippen LogP contribution in [0.5, 0.6) is 0 Å². The Morgan fingerprint density at radius 1 is 1.25 bits per heavy atom. The summed E-state index contributed by atoms with van der Waals surface area (Å²) in [5.41, 5.74) is 1.86. The van der Waals surface area contributed by atoms with Gasteiger partial charge in [0.15, 0.2) is 5.78 Å². The second kappa shape index (κ2) is 7.53. The lowest BCUT2D eigenvalue weighted by atomic mass is 10.1. The Labute approximate surface area is 146 Å². The number of thiazole rings is 1. The Hall–Kier alpha value is -2.27. The molecular weight excluding hydrogens is 318 g/mol. The minimum absolute atomic E-state index is 0.111. The third-order valence-corrected chi connectivity index (χ3v) is 4.76. The summed E-state index contributed by atoms with van der Waals surface area (Å²) in [5, 5.41) is 0.896. The minimum Gasteiger partial charge on any atom is -0.341 e. The summed E-state index contributed by atoms with van der Waals surface area (Å²) >= 11 is 1.65. The van der Waals surface area contributed by atoms with Crippen LogP contribution in [-0.4, -0.2) is 20.3 Å². The average Bonchev–Trinajstić information content (AvgIpc) is 3.17. The first-order chi connectivity index (χ1) is 11.6. The van der Waals surface area contributed by atoms with Gasteiger partial charge in [0.1, 0.15) is 5.01 Å². The van der Waals surface area contributed by atoms with Gasteiger partial charge in [-0.1, -0.05) is 13.8 Å². The maximum absolute atomic E-state index is 12.7. The van der Waals surface area contributed by atoms with E-state index in [1.807, 2.05) is 41.2 Å². The van der Waals surface area contributed by atoms with Crippen molar-refractivity contribution in [1.29, 1.82) is 0 Å². The van der Waals surface area contributed by atoms with Crippen molar-refractivity contribution in [3.63, 3.8) is 0 Å². The summed E-state index contributed by atoms with van der Waals surface area (Å²) in [7, 11) is 0. The second-order valence-corrected chi connectivity index (χ2v) is 7.49. The number of Topliss-reactive ketones (excluding diaryl/α,β-unsaturated/α-hetero) is 1. The van der Waals surface area contributed by atoms with Crippen LogP contribution in [0.15, 0.2) is 49.1 Å². The van der Waals surface area contributed by atoms with E-state index >= 15 is 0 Å². The standard InChI is InChI=1S/C19H21N3OS/c1-14(2)10-16-12-21-19(24-16)11-18(23)17-4-3-9-22(17)13-15-5-7-20-8-6-15/h3-9,12,14H,10-11,13H2,1-2H3. The van der Waals surface area contributed by atoms with Crippen molar-refractivity contribution < 1.29 is 4.79 Å². The largest absolute Gasteiger partial charge is 0.341 e. The molecule has 0 amide bonds. The first-order valence-electron chi connectivity index (χ1n) is 8.12. The quantitative estimate of drug-likeness (QED) is 0.611. The van der Waals surface area contributed by atoms with Crippen LogP contribution in [0.25, 0.3) is 0 Å². The van der Waals surface area contributed by atoms with Crippen LogP contribution >= 0.6 is 11.3 Å². The van der Waals surface area contributed by atoms with Crippen LogP contribution in [0.3, 0.4) is 0 Å². The Bertz CT molecular complexity index is 805. The summed E-state index contributed by atoms with van der Waals surface area (Å²) in [6.07, 6.45) is 8.77. The Balaban J connectivity index is 1.69. The van der Waals surface area contributed by atoms with Crippen molar-refractivity contribution in [2.24, 2.45) is 5.92 Å². The van der Waals surface area contributed by atoms with Crippen molar-refractivity contribution in [3.8, 4) is 0 Å². The molecule has 0 aliphatic rings. The zero-order chi connectivity index (χ0) is 16.9. The highest BCUT2D eigenvalue weighted by molar-refractivity contribution is 7.11. The van der Waals surface area contributed by atoms with Crippen LogP contribution in [0, 0.1) is 5.92 Å². The van der Waals surface area contributed by atoms with Gasteiger partial charge in [0.25, 0.3) is 0 Å². The summed E-state index contributed by atoms with van der Waals surface area (Å²) in [6.45, 7) is 5.06. The molecule has 124 valence electrons. The molecule has 0 aliphatic carbocycles. The topological polar surface area (TPSA) is 47.8 Å². The predicted octanol–water partition coefficient (Wildman–Crippen LogP) is 4.01. The zero-order valence-electron chi connectivity index (χ0n) is 14.0. The van der Waals surface area contributed by atoms with E-state index < -0.39 is 0 Å². The molecule has 0 radical (unpaired) electrons. The van der Waals surface area contributed by atoms with E-state index in [0.29, 0.717) is 18.9 Å². The summed E-state index contributed by atoms with van der Waals surface area (Å²) in [6, 6.07) is 7.73. The lowest BCUT2D eigenvalue weighted by Gasteiger charge is -2.08. The third kappa shape index (κ3) is 4.17. The fourth-order valence-electron chi connectivity index (χ4n) is 2.64. The van der Waals surface area contributed by atoms with Gasteiger partial charge in [0, 0.05) is 36.2 Å². The highest BCUT2D eigenvalue weighted by Crippen LogP contribution is 2.19. The fraction of sp³-hybridized carbons (Fsp3) is 0.316. The third-order valence-electron chi connectivity index (χ3n) is 3.74. The van der Waals surface area contributed by atoms with E-state index in [9.17, 15) is 4.79 Å². The number of carbonyl (C=O) groups is 1. The normalized spacial score (nSPS) is 11.1. The fourth-order valence-corrected chi connectivity index (χ4v) is 3.78. The smallest absolute Gasteiger partial charge is 0.186 e. The minimum atomic E-state index is 0.111. The van der Waals surface area contributed by atoms with Gasteiger partial charge in [-0.25, -0.2) is 4.98 Å². The number of hydrogen-bond acceptors (Lipinski definition) is 4. The van der Waals surface area contributed by atoms with Crippen LogP contribution in [0.4, 0.5) is 0 Å². The molecule has 0 aliphatic heterocycles. The van der Waals surface area contributed by atoms with Crippen LogP contribution in [0.1, 0.15) is 39.8 Å². The average molecular weight is 339 g/mol. The number of aromatic nitrogens is 3. The van der Waals surface area contributed by atoms with E-state index in [0.717, 1.165) is 22.7 Å². The monoisotopic (exact) mass is 339 g/mol. The Morgan fingerprint density at radius 2 is 2.04 bits per heavy atom. The van der Waals surface area contributed by atoms with Crippen LogP contribution in [-0.2, 0) is 19.4 Å². The van der Waals surface area contributed by atoms with E-state index in [4.69, 9.17) is 0 Å². The highest BCUT2D eigenvalue weighted by atomic mass is 32.1. The molecular formula is C19H21N3OS. The molecule has 3 heterocycles. The van der Waals surface area contributed by atoms with Crippen LogP contribution in [0.2, 0.25) is 0 Å². The molecule has 0 saturated heterocycles. The molecule has 3 rings (SSSR count). The lowest BCUT2D eigenvalue weighted by Crippen LogP contribution is -2.11. The SMILES string of the molecule is CC(C)Cc1cnc(CC(=O)c2cccn2Cc2ccncc2)s1. The molecule has 0 saturated carbocycles. The van der Waals surface area contributed by atoms with Crippen LogP contribution < -0.4 is 0 Å². The number of carbonyl (C=O) groups excluding carboxylic acids is 1. The second-order valence-electron chi connectivity index (χ2n) is 6.30. The summed E-state index contributed by atoms with van der Waals surface area (Å²) in [4.78, 5) is 22.3. The van der Waals surface area contributed by atoms with Gasteiger partial charge in [0.05, 0.1) is 12.1 Å². The van der Waals surface area contributed by atoms with Gasteiger partial charge in [-0.05, 0) is 42.2 Å². The maximum atomic E-state index is 12.7. The number of hydrogen-bond donors (Lipinski definition) is 0. The van der Waals surface area contributed by atoms with Gasteiger partial charge in [0.2, 0.25) is 0 Å². The number of pyridine rings is 1. The van der Waals surface area contributed by atoms with E-state index in [1.165, 1.54) is 4.88 Å². The number of ketones is 1. The van der Waals surface area contributed by atoms with Gasteiger partial charge in [-0.2, -0.15) is 0 Å². The molecule has 0 unspecified atom stereocenters. The van der Waals surface area contributed by atoms with Gasteiger partial charge in [-0.3, -0.25) is 9.78 Å². The van der Waals surface area contributed by atoms with Crippen molar-refractivity contribution in [2.45, 2.75) is 33.2 Å². The first-order valence-corrected chi connectivity index (χ1v) is 8.94. The summed E-state index contributed by atoms with van der Waals surface area (Å²) in [5.74, 6) is 0.714. The molecule has 3 aromatic rings. The molecule has 0 spiro atoms. The molecule has 0 N–H and O–H groups in total. The predicted molar refractivity (Wildman–Crippen MR) is 96.5 cm³/mol. The highest BCUT2D eigenvalue weighted by Gasteiger charge is 2.14. The molecule has 0 fully saturated rings. The van der Waals surface area contributed by atoms with Gasteiger partial charge in [-0.15, -0.1) is 11.3 Å². The van der Waals surface area contributed by atoms with Crippen molar-refractivity contribution in [1.82, 2.24) is 14.5 Å². The van der Waals surface area contributed by atoms with Crippen molar-refractivity contribution in [3.05, 3.63) is 70.2 Å². The van der Waals surface area contributed by atoms with Gasteiger partial charge < -0.3 is 4.57 Å². The number of rotatable bonds is 7. The molecule has 0 bridgehead atoms. The molecule has 24 heavy (non-hydrogen) atoms. The number of nitrogens with zero attached hydrogens (tertiary/aromatic N) is 3. The molecule has 5 heteroatoms. The zero-order valence-corrected chi connectivity index (χ0v) is 14.8. The van der Waals surface area contributed by atoms with E-state index in [2.05, 4.69) is 23.8 Å². The maximum Gasteiger partial charge on any atom is 0.186 e. The summed E-state index contributed by atoms with van der Waals surface area (Å²) < 4.78 is 1.99. The van der Waals surface area contributed by atoms with Crippen molar-refractivity contribution in [2.75, 3.05) is 0 Å². The molecule has 3 aromatic heterocycles. The Kier molecular flexibility index (Phi) is 5.20. The first kappa shape index (κ1) is 16.6. The molecule has 4 nitrogen and oxygen atoms in total. The van der Waals surface area contributed by atoms with Crippen molar-refractivity contribution >= 4 is 17.1 Å². The van der Waals surface area contributed by atoms with Gasteiger partial charge >= 0.3 is 0 Å². The molecule has 0 atom stereocenters. The van der Waals surface area contributed by atoms with E-state index in [1.54, 1.807) is 23.7 Å². The molecule has 0 aromatic carbocycles. The lowest BCUT2D eigenvalue weighted by molar-refractivity contribution is 0.0984.